The molecule has 0 radical (unpaired) electrons. The van der Waals surface area contributed by atoms with Crippen LogP contribution in [0.5, 0.6) is 5.75 Å². The zero-order valence-corrected chi connectivity index (χ0v) is 10.4. The maximum Gasteiger partial charge on any atom is 0.498 e. The summed E-state index contributed by atoms with van der Waals surface area (Å²) in [6, 6.07) is 5.66. The second kappa shape index (κ2) is 5.11. The van der Waals surface area contributed by atoms with E-state index in [9.17, 15) is 5.11 Å². The summed E-state index contributed by atoms with van der Waals surface area (Å²) in [5, 5.41) is 18.7. The quantitative estimate of drug-likeness (QED) is 0.578. The van der Waals surface area contributed by atoms with Crippen LogP contribution < -0.4 is 15.9 Å². The van der Waals surface area contributed by atoms with Gasteiger partial charge in [0.15, 0.2) is 0 Å². The molecular formula is C12H16BNO5. The fraction of sp³-hybridized carbons (Fsp3) is 0.500. The third-order valence-corrected chi connectivity index (χ3v) is 3.50. The lowest BCUT2D eigenvalue weighted by molar-refractivity contribution is -0.0299. The van der Waals surface area contributed by atoms with Crippen molar-refractivity contribution < 1.29 is 24.3 Å². The summed E-state index contributed by atoms with van der Waals surface area (Å²) in [5.41, 5.74) is 7.49. The standard InChI is InChI=1S/C12H16BNO5/c14-4-10-7-2-1-3-9-12(7)13(18-10)19-11(6-17-9)8(16)5-15/h1-3,8,10-11,15-16H,4-6,14H2/t8-,10?,11-/m0/s1. The summed E-state index contributed by atoms with van der Waals surface area (Å²) in [5.74, 6) is 0.686. The molecule has 0 saturated heterocycles. The largest absolute Gasteiger partial charge is 0.498 e. The van der Waals surface area contributed by atoms with Gasteiger partial charge in [-0.3, -0.25) is 0 Å². The van der Waals surface area contributed by atoms with E-state index in [0.29, 0.717) is 12.3 Å². The Bertz CT molecular complexity index is 471. The molecule has 0 saturated carbocycles. The van der Waals surface area contributed by atoms with E-state index in [1.54, 1.807) is 0 Å². The molecule has 0 fully saturated rings. The van der Waals surface area contributed by atoms with Crippen LogP contribution in [0.3, 0.4) is 0 Å². The molecule has 3 atom stereocenters. The minimum absolute atomic E-state index is 0.172. The monoisotopic (exact) mass is 265 g/mol. The lowest BCUT2D eigenvalue weighted by Gasteiger charge is -2.22. The normalized spacial score (nSPS) is 26.6. The van der Waals surface area contributed by atoms with E-state index in [1.807, 2.05) is 18.2 Å². The van der Waals surface area contributed by atoms with E-state index < -0.39 is 19.3 Å². The van der Waals surface area contributed by atoms with Crippen molar-refractivity contribution in [1.29, 1.82) is 0 Å². The third kappa shape index (κ3) is 2.13. The van der Waals surface area contributed by atoms with E-state index in [0.717, 1.165) is 11.0 Å². The molecule has 0 bridgehead atoms. The molecule has 2 aliphatic rings. The first-order chi connectivity index (χ1) is 9.24. The minimum atomic E-state index is -1.00. The van der Waals surface area contributed by atoms with Crippen LogP contribution in [0.1, 0.15) is 11.7 Å². The van der Waals surface area contributed by atoms with Crippen LogP contribution in [0.2, 0.25) is 0 Å². The number of aliphatic hydroxyl groups excluding tert-OH is 2. The highest BCUT2D eigenvalue weighted by atomic mass is 16.6. The van der Waals surface area contributed by atoms with Gasteiger partial charge in [-0.2, -0.15) is 0 Å². The summed E-state index contributed by atoms with van der Waals surface area (Å²) in [6.45, 7) is 0.138. The predicted octanol–water partition coefficient (Wildman–Crippen LogP) is -1.46. The van der Waals surface area contributed by atoms with Gasteiger partial charge < -0.3 is 30.0 Å². The zero-order chi connectivity index (χ0) is 13.4. The topological polar surface area (TPSA) is 94.2 Å². The highest BCUT2D eigenvalue weighted by Crippen LogP contribution is 2.30. The van der Waals surface area contributed by atoms with Crippen molar-refractivity contribution in [2.24, 2.45) is 5.73 Å². The second-order valence-corrected chi connectivity index (χ2v) is 4.69. The van der Waals surface area contributed by atoms with E-state index in [1.165, 1.54) is 0 Å². The van der Waals surface area contributed by atoms with Crippen molar-refractivity contribution in [2.45, 2.75) is 18.3 Å². The van der Waals surface area contributed by atoms with Crippen molar-refractivity contribution in [2.75, 3.05) is 19.8 Å². The SMILES string of the molecule is NCC1OB2O[C@H]([C@@H](O)CO)COc3cccc1c32. The van der Waals surface area contributed by atoms with Crippen molar-refractivity contribution in [3.63, 3.8) is 0 Å². The van der Waals surface area contributed by atoms with Crippen LogP contribution >= 0.6 is 0 Å². The zero-order valence-electron chi connectivity index (χ0n) is 10.4. The van der Waals surface area contributed by atoms with E-state index >= 15 is 0 Å². The van der Waals surface area contributed by atoms with Gasteiger partial charge in [-0.05, 0) is 11.6 Å². The van der Waals surface area contributed by atoms with E-state index in [4.69, 9.17) is 24.9 Å². The first kappa shape index (κ1) is 12.9. The number of nitrogens with two attached hydrogens (primary N) is 1. The average molecular weight is 265 g/mol. The van der Waals surface area contributed by atoms with Gasteiger partial charge in [-0.15, -0.1) is 0 Å². The molecule has 1 aromatic carbocycles. The molecule has 4 N–H and O–H groups in total. The Morgan fingerprint density at radius 1 is 1.42 bits per heavy atom. The predicted molar refractivity (Wildman–Crippen MR) is 68.2 cm³/mol. The Balaban J connectivity index is 1.94. The molecule has 3 rings (SSSR count). The Morgan fingerprint density at radius 2 is 2.26 bits per heavy atom. The summed E-state index contributed by atoms with van der Waals surface area (Å²) in [7, 11) is -0.603. The Kier molecular flexibility index (Phi) is 3.47. The first-order valence-electron chi connectivity index (χ1n) is 6.30. The number of benzene rings is 1. The molecule has 0 amide bonds. The molecule has 19 heavy (non-hydrogen) atoms. The molecule has 7 heteroatoms. The molecule has 0 aromatic heterocycles. The molecule has 2 heterocycles. The van der Waals surface area contributed by atoms with Gasteiger partial charge in [0.2, 0.25) is 0 Å². The average Bonchev–Trinajstić information content (AvgIpc) is 2.69. The van der Waals surface area contributed by atoms with Crippen molar-refractivity contribution >= 4 is 12.6 Å². The molecule has 1 unspecified atom stereocenters. The summed E-state index contributed by atoms with van der Waals surface area (Å²) in [4.78, 5) is 0. The minimum Gasteiger partial charge on any atom is -0.491 e. The Labute approximate surface area is 111 Å². The van der Waals surface area contributed by atoms with E-state index in [2.05, 4.69) is 0 Å². The second-order valence-electron chi connectivity index (χ2n) is 4.69. The van der Waals surface area contributed by atoms with E-state index in [-0.39, 0.29) is 19.3 Å². The highest BCUT2D eigenvalue weighted by Gasteiger charge is 2.44. The molecule has 0 aliphatic carbocycles. The number of hydrogen-bond donors (Lipinski definition) is 3. The molecule has 0 spiro atoms. The van der Waals surface area contributed by atoms with Crippen molar-refractivity contribution in [3.05, 3.63) is 23.8 Å². The fourth-order valence-corrected chi connectivity index (χ4v) is 2.48. The molecular weight excluding hydrogens is 249 g/mol. The van der Waals surface area contributed by atoms with Gasteiger partial charge in [-0.25, -0.2) is 0 Å². The van der Waals surface area contributed by atoms with Gasteiger partial charge >= 0.3 is 7.12 Å². The molecule has 1 aromatic rings. The first-order valence-corrected chi connectivity index (χ1v) is 6.30. The smallest absolute Gasteiger partial charge is 0.491 e. The molecule has 2 aliphatic heterocycles. The van der Waals surface area contributed by atoms with Crippen LogP contribution in [0, 0.1) is 0 Å². The van der Waals surface area contributed by atoms with Crippen molar-refractivity contribution in [1.82, 2.24) is 0 Å². The maximum absolute atomic E-state index is 9.70. The number of aliphatic hydroxyl groups is 2. The van der Waals surface area contributed by atoms with Gasteiger partial charge in [-0.1, -0.05) is 12.1 Å². The van der Waals surface area contributed by atoms with Gasteiger partial charge in [0.05, 0.1) is 12.7 Å². The highest BCUT2D eigenvalue weighted by molar-refractivity contribution is 6.64. The lowest BCUT2D eigenvalue weighted by Crippen LogP contribution is -2.42. The summed E-state index contributed by atoms with van der Waals surface area (Å²) < 4.78 is 17.1. The Morgan fingerprint density at radius 3 is 3.00 bits per heavy atom. The summed E-state index contributed by atoms with van der Waals surface area (Å²) >= 11 is 0. The number of rotatable bonds is 3. The summed E-state index contributed by atoms with van der Waals surface area (Å²) in [6.07, 6.45) is -1.86. The lowest BCUT2D eigenvalue weighted by atomic mass is 9.77. The fourth-order valence-electron chi connectivity index (χ4n) is 2.48. The molecule has 6 nitrogen and oxygen atoms in total. The number of hydrogen-bond acceptors (Lipinski definition) is 6. The van der Waals surface area contributed by atoms with Gasteiger partial charge in [0, 0.05) is 12.0 Å². The third-order valence-electron chi connectivity index (χ3n) is 3.50. The maximum atomic E-state index is 9.70. The van der Waals surface area contributed by atoms with Crippen molar-refractivity contribution in [3.8, 4) is 5.75 Å². The van der Waals surface area contributed by atoms with Crippen LogP contribution in [0.4, 0.5) is 0 Å². The molecule has 102 valence electrons. The van der Waals surface area contributed by atoms with Crippen LogP contribution in [-0.2, 0) is 9.31 Å². The van der Waals surface area contributed by atoms with Crippen LogP contribution in [0.15, 0.2) is 18.2 Å². The number of ether oxygens (including phenoxy) is 1. The van der Waals surface area contributed by atoms with Gasteiger partial charge in [0.25, 0.3) is 0 Å². The van der Waals surface area contributed by atoms with Crippen LogP contribution in [0.25, 0.3) is 0 Å². The van der Waals surface area contributed by atoms with Crippen LogP contribution in [-0.4, -0.2) is 49.3 Å². The Hall–Kier alpha value is -1.12. The van der Waals surface area contributed by atoms with Gasteiger partial charge in [0.1, 0.15) is 24.6 Å².